The highest BCUT2D eigenvalue weighted by Gasteiger charge is 2.31. The highest BCUT2D eigenvalue weighted by molar-refractivity contribution is 6.76. The lowest BCUT2D eigenvalue weighted by Gasteiger charge is -2.38. The van der Waals surface area contributed by atoms with Gasteiger partial charge in [0.1, 0.15) is 8.24 Å². The lowest BCUT2D eigenvalue weighted by Crippen LogP contribution is -2.59. The minimum atomic E-state index is -1.30. The number of rotatable bonds is 4. The molecule has 0 radical (unpaired) electrons. The van der Waals surface area contributed by atoms with Gasteiger partial charge in [-0.2, -0.15) is 0 Å². The van der Waals surface area contributed by atoms with E-state index < -0.39 is 8.24 Å². The zero-order valence-electron chi connectivity index (χ0n) is 8.52. The Kier molecular flexibility index (Phi) is 4.29. The van der Waals surface area contributed by atoms with Crippen molar-refractivity contribution in [3.05, 3.63) is 0 Å². The number of hydrogen-bond acceptors (Lipinski definition) is 2. The predicted octanol–water partition coefficient (Wildman–Crippen LogP) is 1.42. The van der Waals surface area contributed by atoms with Crippen LogP contribution in [0.5, 0.6) is 0 Å². The van der Waals surface area contributed by atoms with Crippen LogP contribution in [0.2, 0.25) is 13.1 Å². The van der Waals surface area contributed by atoms with Gasteiger partial charge in [0.25, 0.3) is 0 Å². The van der Waals surface area contributed by atoms with E-state index in [1.807, 2.05) is 0 Å². The van der Waals surface area contributed by atoms with Crippen molar-refractivity contribution in [3.63, 3.8) is 0 Å². The molecule has 0 amide bonds. The molecule has 0 aromatic carbocycles. The molecular weight excluding hydrogens is 152 g/mol. The van der Waals surface area contributed by atoms with Gasteiger partial charge in [0.15, 0.2) is 0 Å². The summed E-state index contributed by atoms with van der Waals surface area (Å²) in [6.07, 6.45) is 0. The lowest BCUT2D eigenvalue weighted by atomic mass is 10.7. The molecule has 0 saturated heterocycles. The third kappa shape index (κ3) is 2.58. The third-order valence-electron chi connectivity index (χ3n) is 2.69. The van der Waals surface area contributed by atoms with E-state index in [4.69, 9.17) is 5.73 Å². The van der Waals surface area contributed by atoms with Crippen molar-refractivity contribution in [1.82, 2.24) is 4.57 Å². The Balaban J connectivity index is 4.24. The topological polar surface area (TPSA) is 29.3 Å². The van der Waals surface area contributed by atoms with E-state index in [1.54, 1.807) is 0 Å². The maximum atomic E-state index is 5.94. The second-order valence-electron chi connectivity index (χ2n) is 3.61. The molecule has 2 N–H and O–H groups in total. The molecule has 0 saturated carbocycles. The van der Waals surface area contributed by atoms with Crippen molar-refractivity contribution in [1.29, 1.82) is 0 Å². The maximum absolute atomic E-state index is 5.94. The molecule has 0 aliphatic heterocycles. The van der Waals surface area contributed by atoms with Crippen LogP contribution in [0.1, 0.15) is 20.8 Å². The van der Waals surface area contributed by atoms with Gasteiger partial charge in [-0.05, 0) is 13.1 Å². The molecule has 2 nitrogen and oxygen atoms in total. The third-order valence-corrected chi connectivity index (χ3v) is 7.18. The second-order valence-corrected chi connectivity index (χ2v) is 8.47. The van der Waals surface area contributed by atoms with Crippen LogP contribution in [0.15, 0.2) is 0 Å². The van der Waals surface area contributed by atoms with Crippen LogP contribution in [-0.2, 0) is 0 Å². The summed E-state index contributed by atoms with van der Waals surface area (Å²) >= 11 is 0. The van der Waals surface area contributed by atoms with Crippen LogP contribution in [-0.4, -0.2) is 31.6 Å². The van der Waals surface area contributed by atoms with Crippen LogP contribution in [0.3, 0.4) is 0 Å². The Bertz CT molecular complexity index is 109. The summed E-state index contributed by atoms with van der Waals surface area (Å²) in [7, 11) is -1.30. The summed E-state index contributed by atoms with van der Waals surface area (Å²) < 4.78 is 2.53. The largest absolute Gasteiger partial charge is 0.329 e. The first kappa shape index (κ1) is 11.1. The van der Waals surface area contributed by atoms with Gasteiger partial charge in [-0.1, -0.05) is 33.9 Å². The predicted molar refractivity (Wildman–Crippen MR) is 54.1 cm³/mol. The maximum Gasteiger partial charge on any atom is 0.138 e. The first-order valence-electron chi connectivity index (χ1n) is 4.47. The van der Waals surface area contributed by atoms with Gasteiger partial charge in [-0.15, -0.1) is 0 Å². The van der Waals surface area contributed by atoms with Crippen molar-refractivity contribution >= 4 is 8.24 Å². The van der Waals surface area contributed by atoms with Gasteiger partial charge in [-0.3, -0.25) is 0 Å². The summed E-state index contributed by atoms with van der Waals surface area (Å²) in [5.41, 5.74) is 6.31. The van der Waals surface area contributed by atoms with E-state index in [0.717, 1.165) is 13.1 Å². The highest BCUT2D eigenvalue weighted by atomic mass is 28.3. The van der Waals surface area contributed by atoms with Gasteiger partial charge < -0.3 is 10.3 Å². The van der Waals surface area contributed by atoms with Crippen molar-refractivity contribution in [2.75, 3.05) is 13.1 Å². The van der Waals surface area contributed by atoms with Crippen molar-refractivity contribution < 1.29 is 0 Å². The molecular formula is C8H22N2Si. The van der Waals surface area contributed by atoms with E-state index in [1.165, 1.54) is 0 Å². The van der Waals surface area contributed by atoms with Crippen LogP contribution >= 0.6 is 0 Å². The fourth-order valence-corrected chi connectivity index (χ4v) is 3.53. The Morgan fingerprint density at radius 3 is 1.73 bits per heavy atom. The Morgan fingerprint density at radius 2 is 1.64 bits per heavy atom. The molecule has 0 aromatic heterocycles. The number of nitrogens with zero attached hydrogens (tertiary/aromatic N) is 1. The number of nitrogens with two attached hydrogens (primary N) is 1. The smallest absolute Gasteiger partial charge is 0.138 e. The Morgan fingerprint density at radius 1 is 1.27 bits per heavy atom. The van der Waals surface area contributed by atoms with Crippen LogP contribution in [0.25, 0.3) is 0 Å². The van der Waals surface area contributed by atoms with Gasteiger partial charge in [0.2, 0.25) is 0 Å². The van der Waals surface area contributed by atoms with Crippen LogP contribution in [0, 0.1) is 0 Å². The SMILES string of the molecule is CCN(CC)[Si](C)(C)C(C)N. The molecule has 0 aromatic rings. The highest BCUT2D eigenvalue weighted by Crippen LogP contribution is 2.11. The minimum absolute atomic E-state index is 0.363. The van der Waals surface area contributed by atoms with E-state index in [9.17, 15) is 0 Å². The molecule has 0 aliphatic carbocycles. The summed E-state index contributed by atoms with van der Waals surface area (Å²) in [4.78, 5) is 0. The monoisotopic (exact) mass is 174 g/mol. The zero-order valence-corrected chi connectivity index (χ0v) is 9.52. The molecule has 0 bridgehead atoms. The van der Waals surface area contributed by atoms with Crippen LogP contribution in [0.4, 0.5) is 0 Å². The van der Waals surface area contributed by atoms with Gasteiger partial charge in [0, 0.05) is 5.67 Å². The first-order chi connectivity index (χ1) is 4.96. The molecule has 1 atom stereocenters. The van der Waals surface area contributed by atoms with Crippen LogP contribution < -0.4 is 5.73 Å². The molecule has 0 aliphatic rings. The Labute approximate surface area is 71.9 Å². The summed E-state index contributed by atoms with van der Waals surface area (Å²) in [6, 6.07) is 0. The molecule has 0 rings (SSSR count). The summed E-state index contributed by atoms with van der Waals surface area (Å²) in [5.74, 6) is 0. The standard InChI is InChI=1S/C8H22N2Si/c1-6-10(7-2)11(4,5)8(3)9/h8H,6-7,9H2,1-5H3. The van der Waals surface area contributed by atoms with E-state index >= 15 is 0 Å². The van der Waals surface area contributed by atoms with Gasteiger partial charge in [0.05, 0.1) is 0 Å². The average molecular weight is 174 g/mol. The second kappa shape index (κ2) is 4.23. The summed E-state index contributed by atoms with van der Waals surface area (Å²) in [6.45, 7) is 13.5. The van der Waals surface area contributed by atoms with E-state index in [2.05, 4.69) is 38.4 Å². The van der Waals surface area contributed by atoms with E-state index in [-0.39, 0.29) is 0 Å². The quantitative estimate of drug-likeness (QED) is 0.653. The van der Waals surface area contributed by atoms with Gasteiger partial charge >= 0.3 is 0 Å². The zero-order chi connectivity index (χ0) is 9.07. The molecule has 0 spiro atoms. The molecule has 0 heterocycles. The van der Waals surface area contributed by atoms with Gasteiger partial charge in [-0.25, -0.2) is 0 Å². The summed E-state index contributed by atoms with van der Waals surface area (Å²) in [5, 5.41) is 0. The van der Waals surface area contributed by atoms with E-state index in [0.29, 0.717) is 5.67 Å². The molecule has 68 valence electrons. The normalized spacial score (nSPS) is 15.5. The fourth-order valence-electron chi connectivity index (χ4n) is 1.33. The molecule has 3 heteroatoms. The first-order valence-corrected chi connectivity index (χ1v) is 7.49. The lowest BCUT2D eigenvalue weighted by molar-refractivity contribution is 0.456. The van der Waals surface area contributed by atoms with Crippen molar-refractivity contribution in [2.24, 2.45) is 5.73 Å². The fraction of sp³-hybridized carbons (Fsp3) is 1.00. The molecule has 11 heavy (non-hydrogen) atoms. The Hall–Kier alpha value is 0.137. The minimum Gasteiger partial charge on any atom is -0.329 e. The molecule has 0 fully saturated rings. The molecule has 1 unspecified atom stereocenters. The average Bonchev–Trinajstić information content (AvgIpc) is 1.89. The number of hydrogen-bond donors (Lipinski definition) is 1. The van der Waals surface area contributed by atoms with Crippen molar-refractivity contribution in [2.45, 2.75) is 39.5 Å². The van der Waals surface area contributed by atoms with Crippen molar-refractivity contribution in [3.8, 4) is 0 Å².